The quantitative estimate of drug-likeness (QED) is 0.691. The second kappa shape index (κ2) is 8.77. The molecule has 0 saturated carbocycles. The van der Waals surface area contributed by atoms with Gasteiger partial charge in [-0.25, -0.2) is 0 Å². The van der Waals surface area contributed by atoms with E-state index in [1.165, 1.54) is 5.56 Å². The summed E-state index contributed by atoms with van der Waals surface area (Å²) in [6, 6.07) is 5.93. The van der Waals surface area contributed by atoms with Crippen LogP contribution in [0.15, 0.2) is 18.2 Å². The molecule has 2 unspecified atom stereocenters. The Morgan fingerprint density at radius 3 is 2.48 bits per heavy atom. The van der Waals surface area contributed by atoms with Gasteiger partial charge >= 0.3 is 5.97 Å². The molecule has 0 aliphatic rings. The molecule has 2 atom stereocenters. The van der Waals surface area contributed by atoms with Crippen LogP contribution >= 0.6 is 0 Å². The van der Waals surface area contributed by atoms with Gasteiger partial charge < -0.3 is 20.3 Å². The lowest BCUT2D eigenvalue weighted by atomic mass is 9.85. The molecule has 0 aliphatic heterocycles. The topological polar surface area (TPSA) is 81.8 Å². The fourth-order valence-electron chi connectivity index (χ4n) is 2.77. The highest BCUT2D eigenvalue weighted by Gasteiger charge is 2.30. The van der Waals surface area contributed by atoms with E-state index in [1.54, 1.807) is 21.1 Å². The Kier molecular flexibility index (Phi) is 7.36. The molecule has 0 aliphatic carbocycles. The number of carboxylic acids is 1. The standard InChI is InChI=1S/C18H29NO4/c1-5-13(12-18(2,19)17(20)21)7-6-8-14-9-10-15(22-3)16(11-14)23-4/h9-11,13H,5-8,12,19H2,1-4H3,(H,20,21). The molecule has 130 valence electrons. The maximum absolute atomic E-state index is 11.1. The van der Waals surface area contributed by atoms with Crippen LogP contribution in [0.1, 0.15) is 45.1 Å². The first kappa shape index (κ1) is 19.3. The lowest BCUT2D eigenvalue weighted by molar-refractivity contribution is -0.143. The average molecular weight is 323 g/mol. The molecule has 1 rings (SSSR count). The Hall–Kier alpha value is -1.75. The second-order valence-corrected chi connectivity index (χ2v) is 6.28. The summed E-state index contributed by atoms with van der Waals surface area (Å²) < 4.78 is 10.5. The molecule has 1 aromatic carbocycles. The Balaban J connectivity index is 2.56. The molecular weight excluding hydrogens is 294 g/mol. The maximum atomic E-state index is 11.1. The van der Waals surface area contributed by atoms with E-state index >= 15 is 0 Å². The molecule has 5 nitrogen and oxygen atoms in total. The summed E-state index contributed by atoms with van der Waals surface area (Å²) in [5.74, 6) is 0.845. The molecule has 0 radical (unpaired) electrons. The largest absolute Gasteiger partial charge is 0.493 e. The Morgan fingerprint density at radius 2 is 1.96 bits per heavy atom. The monoisotopic (exact) mass is 323 g/mol. The molecule has 3 N–H and O–H groups in total. The number of ether oxygens (including phenoxy) is 2. The van der Waals surface area contributed by atoms with E-state index < -0.39 is 11.5 Å². The molecule has 5 heteroatoms. The van der Waals surface area contributed by atoms with Gasteiger partial charge in [0.1, 0.15) is 5.54 Å². The molecule has 1 aromatic rings. The van der Waals surface area contributed by atoms with Crippen LogP contribution in [0, 0.1) is 5.92 Å². The Labute approximate surface area is 138 Å². The fourth-order valence-corrected chi connectivity index (χ4v) is 2.77. The first-order chi connectivity index (χ1) is 10.8. The van der Waals surface area contributed by atoms with Crippen molar-refractivity contribution < 1.29 is 19.4 Å². The summed E-state index contributed by atoms with van der Waals surface area (Å²) in [5, 5.41) is 9.15. The van der Waals surface area contributed by atoms with Crippen molar-refractivity contribution in [1.29, 1.82) is 0 Å². The predicted octanol–water partition coefficient (Wildman–Crippen LogP) is 3.24. The van der Waals surface area contributed by atoms with Crippen molar-refractivity contribution >= 4 is 5.97 Å². The van der Waals surface area contributed by atoms with Crippen molar-refractivity contribution in [3.63, 3.8) is 0 Å². The third-order valence-corrected chi connectivity index (χ3v) is 4.30. The van der Waals surface area contributed by atoms with Crippen molar-refractivity contribution in [2.75, 3.05) is 14.2 Å². The number of rotatable bonds is 10. The van der Waals surface area contributed by atoms with Gasteiger partial charge in [-0.05, 0) is 49.8 Å². The third kappa shape index (κ3) is 5.75. The maximum Gasteiger partial charge on any atom is 0.323 e. The summed E-state index contributed by atoms with van der Waals surface area (Å²) in [6.45, 7) is 3.67. The third-order valence-electron chi connectivity index (χ3n) is 4.30. The highest BCUT2D eigenvalue weighted by molar-refractivity contribution is 5.77. The zero-order valence-corrected chi connectivity index (χ0v) is 14.6. The van der Waals surface area contributed by atoms with Gasteiger partial charge in [0.15, 0.2) is 11.5 Å². The van der Waals surface area contributed by atoms with Crippen LogP contribution in [0.3, 0.4) is 0 Å². The van der Waals surface area contributed by atoms with Crippen LogP contribution in [-0.2, 0) is 11.2 Å². The van der Waals surface area contributed by atoms with E-state index in [2.05, 4.69) is 6.92 Å². The molecule has 0 amide bonds. The molecule has 23 heavy (non-hydrogen) atoms. The van der Waals surface area contributed by atoms with E-state index in [0.29, 0.717) is 12.3 Å². The highest BCUT2D eigenvalue weighted by Crippen LogP contribution is 2.29. The number of hydrogen-bond donors (Lipinski definition) is 2. The minimum absolute atomic E-state index is 0.321. The Morgan fingerprint density at radius 1 is 1.30 bits per heavy atom. The number of aliphatic carboxylic acids is 1. The zero-order chi connectivity index (χ0) is 17.5. The molecule has 0 spiro atoms. The van der Waals surface area contributed by atoms with Crippen molar-refractivity contribution in [3.05, 3.63) is 23.8 Å². The number of carbonyl (C=O) groups is 1. The fraction of sp³-hybridized carbons (Fsp3) is 0.611. The Bertz CT molecular complexity index is 514. The van der Waals surface area contributed by atoms with E-state index in [-0.39, 0.29) is 0 Å². The van der Waals surface area contributed by atoms with Crippen LogP contribution < -0.4 is 15.2 Å². The van der Waals surface area contributed by atoms with Crippen LogP contribution in [0.5, 0.6) is 11.5 Å². The second-order valence-electron chi connectivity index (χ2n) is 6.28. The van der Waals surface area contributed by atoms with Gasteiger partial charge in [-0.3, -0.25) is 4.79 Å². The molecule has 0 bridgehead atoms. The van der Waals surface area contributed by atoms with Gasteiger partial charge in [-0.2, -0.15) is 0 Å². The summed E-state index contributed by atoms with van der Waals surface area (Å²) >= 11 is 0. The summed E-state index contributed by atoms with van der Waals surface area (Å²) in [6.07, 6.45) is 4.32. The number of benzene rings is 1. The summed E-state index contributed by atoms with van der Waals surface area (Å²) in [4.78, 5) is 11.1. The molecule has 0 heterocycles. The first-order valence-electron chi connectivity index (χ1n) is 8.07. The number of aryl methyl sites for hydroxylation is 1. The normalized spacial score (nSPS) is 14.8. The molecule has 0 fully saturated rings. The number of hydrogen-bond acceptors (Lipinski definition) is 4. The van der Waals surface area contributed by atoms with Gasteiger partial charge in [0.05, 0.1) is 14.2 Å². The van der Waals surface area contributed by atoms with Crippen molar-refractivity contribution in [1.82, 2.24) is 0 Å². The first-order valence-corrected chi connectivity index (χ1v) is 8.07. The van der Waals surface area contributed by atoms with Crippen LogP contribution in [0.25, 0.3) is 0 Å². The number of methoxy groups -OCH3 is 2. The van der Waals surface area contributed by atoms with Gasteiger partial charge in [-0.1, -0.05) is 25.8 Å². The van der Waals surface area contributed by atoms with E-state index in [4.69, 9.17) is 20.3 Å². The molecular formula is C18H29NO4. The van der Waals surface area contributed by atoms with Gasteiger partial charge in [-0.15, -0.1) is 0 Å². The van der Waals surface area contributed by atoms with Crippen LogP contribution in [0.4, 0.5) is 0 Å². The lowest BCUT2D eigenvalue weighted by Crippen LogP contribution is -2.46. The minimum atomic E-state index is -1.15. The van der Waals surface area contributed by atoms with Gasteiger partial charge in [0.2, 0.25) is 0 Å². The summed E-state index contributed by atoms with van der Waals surface area (Å²) in [7, 11) is 3.25. The van der Waals surface area contributed by atoms with E-state index in [9.17, 15) is 4.79 Å². The van der Waals surface area contributed by atoms with Crippen LogP contribution in [-0.4, -0.2) is 30.8 Å². The number of carboxylic acid groups (broad SMARTS) is 1. The zero-order valence-electron chi connectivity index (χ0n) is 14.6. The van der Waals surface area contributed by atoms with Gasteiger partial charge in [0.25, 0.3) is 0 Å². The van der Waals surface area contributed by atoms with E-state index in [1.807, 2.05) is 18.2 Å². The van der Waals surface area contributed by atoms with Crippen LogP contribution in [0.2, 0.25) is 0 Å². The number of nitrogens with two attached hydrogens (primary N) is 1. The smallest absolute Gasteiger partial charge is 0.323 e. The van der Waals surface area contributed by atoms with Crippen molar-refractivity contribution in [2.24, 2.45) is 11.7 Å². The molecule has 0 saturated heterocycles. The SMILES string of the molecule is CCC(CCCc1ccc(OC)c(OC)c1)CC(C)(N)C(=O)O. The van der Waals surface area contributed by atoms with E-state index in [0.717, 1.165) is 37.2 Å². The average Bonchev–Trinajstić information content (AvgIpc) is 2.53. The summed E-state index contributed by atoms with van der Waals surface area (Å²) in [5.41, 5.74) is 5.90. The molecule has 0 aromatic heterocycles. The highest BCUT2D eigenvalue weighted by atomic mass is 16.5. The lowest BCUT2D eigenvalue weighted by Gasteiger charge is -2.25. The van der Waals surface area contributed by atoms with Crippen molar-refractivity contribution in [3.8, 4) is 11.5 Å². The van der Waals surface area contributed by atoms with Crippen molar-refractivity contribution in [2.45, 2.75) is 51.5 Å². The predicted molar refractivity (Wildman–Crippen MR) is 91.1 cm³/mol. The van der Waals surface area contributed by atoms with Gasteiger partial charge in [0, 0.05) is 0 Å². The minimum Gasteiger partial charge on any atom is -0.493 e.